The number of carbonyl (C=O) groups is 2. The van der Waals surface area contributed by atoms with Gasteiger partial charge in [0.25, 0.3) is 0 Å². The van der Waals surface area contributed by atoms with Gasteiger partial charge < -0.3 is 5.11 Å². The number of nitrogens with zero attached hydrogens (tertiary/aromatic N) is 3. The van der Waals surface area contributed by atoms with Crippen LogP contribution in [0.4, 0.5) is 4.39 Å². The molecule has 0 aliphatic rings. The molecule has 0 atom stereocenters. The molecule has 0 aliphatic carbocycles. The van der Waals surface area contributed by atoms with Gasteiger partial charge in [-0.05, 0) is 6.92 Å². The average molecular weight is 249 g/mol. The van der Waals surface area contributed by atoms with Crippen molar-refractivity contribution in [2.24, 2.45) is 0 Å². The first-order valence-corrected chi connectivity index (χ1v) is 4.93. The van der Waals surface area contributed by atoms with Crippen LogP contribution in [0.3, 0.4) is 0 Å². The number of rotatable bonds is 3. The second kappa shape index (κ2) is 4.36. The predicted molar refractivity (Wildman–Crippen MR) is 58.4 cm³/mol. The molecule has 2 heterocycles. The van der Waals surface area contributed by atoms with E-state index in [1.54, 1.807) is 6.92 Å². The van der Waals surface area contributed by atoms with E-state index in [1.807, 2.05) is 0 Å². The van der Waals surface area contributed by atoms with E-state index in [-0.39, 0.29) is 5.82 Å². The fourth-order valence-corrected chi connectivity index (χ4v) is 1.42. The molecule has 0 bridgehead atoms. The molecule has 1 N–H and O–H groups in total. The molecule has 6 nitrogen and oxygen atoms in total. The second-order valence-electron chi connectivity index (χ2n) is 3.56. The maximum atomic E-state index is 13.2. The van der Waals surface area contributed by atoms with Crippen LogP contribution in [0.2, 0.25) is 0 Å². The number of pyridine rings is 1. The van der Waals surface area contributed by atoms with Gasteiger partial charge in [0.15, 0.2) is 17.9 Å². The quantitative estimate of drug-likeness (QED) is 0.827. The van der Waals surface area contributed by atoms with Gasteiger partial charge in [-0.25, -0.2) is 18.9 Å². The highest BCUT2D eigenvalue weighted by molar-refractivity contribution is 5.88. The fraction of sp³-hybridized carbons (Fsp3) is 0.0909. The van der Waals surface area contributed by atoms with E-state index in [2.05, 4.69) is 10.1 Å². The van der Waals surface area contributed by atoms with E-state index in [1.165, 1.54) is 10.9 Å². The Morgan fingerprint density at radius 2 is 2.28 bits per heavy atom. The third kappa shape index (κ3) is 1.97. The van der Waals surface area contributed by atoms with E-state index in [9.17, 15) is 14.0 Å². The predicted octanol–water partition coefficient (Wildman–Crippen LogP) is 1.23. The van der Waals surface area contributed by atoms with Gasteiger partial charge in [-0.2, -0.15) is 5.10 Å². The molecule has 0 unspecified atom stereocenters. The second-order valence-corrected chi connectivity index (χ2v) is 3.56. The molecule has 0 aliphatic heterocycles. The SMILES string of the molecule is Cc1nn(-c2cc(C(=O)O)c(F)cn2)cc1C=O. The lowest BCUT2D eigenvalue weighted by Gasteiger charge is -2.02. The Balaban J connectivity index is 2.53. The molecule has 0 amide bonds. The minimum absolute atomic E-state index is 0.130. The van der Waals surface area contributed by atoms with Gasteiger partial charge in [-0.15, -0.1) is 0 Å². The number of hydrogen-bond acceptors (Lipinski definition) is 4. The summed E-state index contributed by atoms with van der Waals surface area (Å²) in [6, 6.07) is 1.05. The molecule has 7 heteroatoms. The summed E-state index contributed by atoms with van der Waals surface area (Å²) in [7, 11) is 0. The zero-order chi connectivity index (χ0) is 13.3. The number of carboxylic acid groups (broad SMARTS) is 1. The largest absolute Gasteiger partial charge is 0.478 e. The number of carbonyl (C=O) groups excluding carboxylic acids is 1. The lowest BCUT2D eigenvalue weighted by atomic mass is 10.2. The van der Waals surface area contributed by atoms with Crippen molar-refractivity contribution in [1.29, 1.82) is 0 Å². The van der Waals surface area contributed by atoms with Crippen LogP contribution in [0.15, 0.2) is 18.5 Å². The first kappa shape index (κ1) is 11.9. The summed E-state index contributed by atoms with van der Waals surface area (Å²) >= 11 is 0. The van der Waals surface area contributed by atoms with Gasteiger partial charge in [-0.1, -0.05) is 0 Å². The summed E-state index contributed by atoms with van der Waals surface area (Å²) in [6.45, 7) is 1.63. The Labute approximate surface area is 101 Å². The molecule has 2 aromatic rings. The molecule has 2 aromatic heterocycles. The van der Waals surface area contributed by atoms with Gasteiger partial charge in [-0.3, -0.25) is 4.79 Å². The highest BCUT2D eigenvalue weighted by atomic mass is 19.1. The van der Waals surface area contributed by atoms with Gasteiger partial charge >= 0.3 is 5.97 Å². The van der Waals surface area contributed by atoms with Crippen LogP contribution in [-0.2, 0) is 0 Å². The number of hydrogen-bond donors (Lipinski definition) is 1. The van der Waals surface area contributed by atoms with Crippen LogP contribution in [0.1, 0.15) is 26.4 Å². The molecule has 92 valence electrons. The highest BCUT2D eigenvalue weighted by Gasteiger charge is 2.14. The minimum Gasteiger partial charge on any atom is -0.478 e. The Kier molecular flexibility index (Phi) is 2.88. The van der Waals surface area contributed by atoms with Crippen molar-refractivity contribution in [3.63, 3.8) is 0 Å². The van der Waals surface area contributed by atoms with Crippen molar-refractivity contribution in [3.05, 3.63) is 41.1 Å². The molecule has 2 rings (SSSR count). The van der Waals surface area contributed by atoms with Crippen LogP contribution < -0.4 is 0 Å². The Bertz CT molecular complexity index is 636. The number of aromatic carboxylic acids is 1. The minimum atomic E-state index is -1.39. The first-order valence-electron chi connectivity index (χ1n) is 4.93. The van der Waals surface area contributed by atoms with Crippen LogP contribution in [0.5, 0.6) is 0 Å². The first-order chi connectivity index (χ1) is 8.52. The maximum absolute atomic E-state index is 13.2. The molecule has 0 aromatic carbocycles. The van der Waals surface area contributed by atoms with Crippen LogP contribution >= 0.6 is 0 Å². The fourth-order valence-electron chi connectivity index (χ4n) is 1.42. The Hall–Kier alpha value is -2.57. The summed E-state index contributed by atoms with van der Waals surface area (Å²) in [6.07, 6.45) is 2.82. The van der Waals surface area contributed by atoms with E-state index in [4.69, 9.17) is 5.11 Å². The van der Waals surface area contributed by atoms with Crippen LogP contribution in [0.25, 0.3) is 5.82 Å². The molecular formula is C11H8FN3O3. The maximum Gasteiger partial charge on any atom is 0.338 e. The summed E-state index contributed by atoms with van der Waals surface area (Å²) in [5, 5.41) is 12.8. The number of aromatic nitrogens is 3. The zero-order valence-corrected chi connectivity index (χ0v) is 9.29. The van der Waals surface area contributed by atoms with Gasteiger partial charge in [0, 0.05) is 12.3 Å². The molecule has 0 fully saturated rings. The number of carboxylic acids is 1. The van der Waals surface area contributed by atoms with E-state index in [0.717, 1.165) is 12.3 Å². The molecule has 0 radical (unpaired) electrons. The zero-order valence-electron chi connectivity index (χ0n) is 9.29. The molecule has 18 heavy (non-hydrogen) atoms. The van der Waals surface area contributed by atoms with Gasteiger partial charge in [0.1, 0.15) is 5.56 Å². The van der Waals surface area contributed by atoms with Crippen molar-refractivity contribution in [1.82, 2.24) is 14.8 Å². The van der Waals surface area contributed by atoms with Crippen molar-refractivity contribution in [3.8, 4) is 5.82 Å². The lowest BCUT2D eigenvalue weighted by Crippen LogP contribution is -2.06. The third-order valence-electron chi connectivity index (χ3n) is 2.37. The summed E-state index contributed by atoms with van der Waals surface area (Å²) in [4.78, 5) is 25.2. The molecular weight excluding hydrogens is 241 g/mol. The normalized spacial score (nSPS) is 10.3. The molecule has 0 saturated heterocycles. The number of aryl methyl sites for hydroxylation is 1. The van der Waals surface area contributed by atoms with Crippen molar-refractivity contribution >= 4 is 12.3 Å². The van der Waals surface area contributed by atoms with Gasteiger partial charge in [0.05, 0.1) is 17.5 Å². The third-order valence-corrected chi connectivity index (χ3v) is 2.37. The number of halogens is 1. The van der Waals surface area contributed by atoms with E-state index in [0.29, 0.717) is 17.5 Å². The van der Waals surface area contributed by atoms with Gasteiger partial charge in [0.2, 0.25) is 0 Å². The molecule has 0 saturated carbocycles. The van der Waals surface area contributed by atoms with E-state index >= 15 is 0 Å². The highest BCUT2D eigenvalue weighted by Crippen LogP contribution is 2.13. The summed E-state index contributed by atoms with van der Waals surface area (Å²) in [5.74, 6) is -2.19. The average Bonchev–Trinajstić information content (AvgIpc) is 2.70. The van der Waals surface area contributed by atoms with E-state index < -0.39 is 17.3 Å². The molecule has 0 spiro atoms. The van der Waals surface area contributed by atoms with Crippen LogP contribution in [0, 0.1) is 12.7 Å². The Morgan fingerprint density at radius 1 is 1.56 bits per heavy atom. The number of aldehydes is 1. The topological polar surface area (TPSA) is 85.1 Å². The summed E-state index contributed by atoms with van der Waals surface area (Å²) in [5.41, 5.74) is 0.340. The van der Waals surface area contributed by atoms with Crippen molar-refractivity contribution in [2.75, 3.05) is 0 Å². The summed E-state index contributed by atoms with van der Waals surface area (Å²) < 4.78 is 14.4. The van der Waals surface area contributed by atoms with Crippen molar-refractivity contribution < 1.29 is 19.1 Å². The Morgan fingerprint density at radius 3 is 2.83 bits per heavy atom. The lowest BCUT2D eigenvalue weighted by molar-refractivity contribution is 0.0691. The van der Waals surface area contributed by atoms with Crippen LogP contribution in [-0.4, -0.2) is 32.1 Å². The van der Waals surface area contributed by atoms with Crippen molar-refractivity contribution in [2.45, 2.75) is 6.92 Å². The smallest absolute Gasteiger partial charge is 0.338 e. The standard InChI is InChI=1S/C11H8FN3O3/c1-6-7(5-16)4-15(14-6)10-2-8(11(17)18)9(12)3-13-10/h2-5H,1H3,(H,17,18). The monoisotopic (exact) mass is 249 g/mol.